The van der Waals surface area contributed by atoms with Crippen molar-refractivity contribution in [3.63, 3.8) is 0 Å². The van der Waals surface area contributed by atoms with Crippen molar-refractivity contribution < 1.29 is 13.2 Å². The third-order valence-corrected chi connectivity index (χ3v) is 5.51. The maximum Gasteiger partial charge on any atom is 0.262 e. The minimum atomic E-state index is -3.78. The zero-order valence-corrected chi connectivity index (χ0v) is 16.2. The summed E-state index contributed by atoms with van der Waals surface area (Å²) in [6.45, 7) is 7.30. The molecule has 2 aromatic carbocycles. The van der Waals surface area contributed by atoms with Crippen molar-refractivity contribution in [1.82, 2.24) is 0 Å². The fourth-order valence-electron chi connectivity index (χ4n) is 2.30. The van der Waals surface area contributed by atoms with E-state index in [1.165, 1.54) is 6.07 Å². The topological polar surface area (TPSA) is 101 Å². The van der Waals surface area contributed by atoms with Crippen molar-refractivity contribution in [3.8, 4) is 0 Å². The van der Waals surface area contributed by atoms with E-state index >= 15 is 0 Å². The van der Waals surface area contributed by atoms with Gasteiger partial charge in [-0.3, -0.25) is 9.52 Å². The molecule has 0 aromatic heterocycles. The Labute approximate surface area is 154 Å². The van der Waals surface area contributed by atoms with Gasteiger partial charge in [-0.15, -0.1) is 0 Å². The zero-order valence-electron chi connectivity index (χ0n) is 15.4. The Hall–Kier alpha value is -2.38. The van der Waals surface area contributed by atoms with Crippen molar-refractivity contribution in [1.29, 1.82) is 0 Å². The van der Waals surface area contributed by atoms with Gasteiger partial charge < -0.3 is 11.1 Å². The van der Waals surface area contributed by atoms with E-state index in [9.17, 15) is 13.2 Å². The van der Waals surface area contributed by atoms with Crippen LogP contribution in [0.25, 0.3) is 0 Å². The van der Waals surface area contributed by atoms with Gasteiger partial charge in [0.05, 0.1) is 10.9 Å². The highest BCUT2D eigenvalue weighted by atomic mass is 32.2. The zero-order chi connectivity index (χ0) is 19.5. The Morgan fingerprint density at radius 1 is 1.04 bits per heavy atom. The van der Waals surface area contributed by atoms with E-state index in [2.05, 4.69) is 10.0 Å². The predicted molar refractivity (Wildman–Crippen MR) is 104 cm³/mol. The number of hydrogen-bond acceptors (Lipinski definition) is 4. The van der Waals surface area contributed by atoms with Crippen LogP contribution < -0.4 is 15.8 Å². The summed E-state index contributed by atoms with van der Waals surface area (Å²) in [4.78, 5) is 12.4. The van der Waals surface area contributed by atoms with E-state index in [4.69, 9.17) is 5.73 Å². The SMILES string of the molecule is Cc1ccc(NC(=O)[C@@H](N)C(C)(C)C)cc1S(=O)(=O)Nc1ccccc1. The van der Waals surface area contributed by atoms with Gasteiger partial charge in [-0.05, 0) is 42.2 Å². The molecule has 2 rings (SSSR count). The minimum Gasteiger partial charge on any atom is -0.325 e. The van der Waals surface area contributed by atoms with Crippen LogP contribution in [0.1, 0.15) is 26.3 Å². The molecular formula is C19H25N3O3S. The van der Waals surface area contributed by atoms with Crippen LogP contribution in [-0.4, -0.2) is 20.4 Å². The molecule has 0 unspecified atom stereocenters. The fourth-order valence-corrected chi connectivity index (χ4v) is 3.63. The molecule has 0 aliphatic rings. The van der Waals surface area contributed by atoms with Crippen LogP contribution >= 0.6 is 0 Å². The summed E-state index contributed by atoms with van der Waals surface area (Å²) >= 11 is 0. The van der Waals surface area contributed by atoms with Gasteiger partial charge in [-0.25, -0.2) is 8.42 Å². The summed E-state index contributed by atoms with van der Waals surface area (Å²) in [6.07, 6.45) is 0. The van der Waals surface area contributed by atoms with E-state index in [-0.39, 0.29) is 10.8 Å². The molecule has 4 N–H and O–H groups in total. The van der Waals surface area contributed by atoms with Crippen molar-refractivity contribution in [3.05, 3.63) is 54.1 Å². The molecule has 1 amide bonds. The maximum absolute atomic E-state index is 12.7. The molecule has 6 nitrogen and oxygen atoms in total. The minimum absolute atomic E-state index is 0.100. The molecule has 0 fully saturated rings. The van der Waals surface area contributed by atoms with Gasteiger partial charge in [0, 0.05) is 11.4 Å². The van der Waals surface area contributed by atoms with E-state index < -0.39 is 21.5 Å². The molecule has 0 saturated heterocycles. The highest BCUT2D eigenvalue weighted by Gasteiger charge is 2.28. The monoisotopic (exact) mass is 375 g/mol. The molecule has 0 bridgehead atoms. The standard InChI is InChI=1S/C19H25N3O3S/c1-13-10-11-15(21-18(23)17(20)19(2,3)4)12-16(13)26(24,25)22-14-8-6-5-7-9-14/h5-12,17,22H,20H2,1-4H3,(H,21,23)/t17-/m1/s1. The van der Waals surface area contributed by atoms with E-state index in [0.29, 0.717) is 16.9 Å². The number of para-hydroxylation sites is 1. The van der Waals surface area contributed by atoms with Gasteiger partial charge in [0.1, 0.15) is 0 Å². The number of hydrogen-bond donors (Lipinski definition) is 3. The highest BCUT2D eigenvalue weighted by Crippen LogP contribution is 2.24. The largest absolute Gasteiger partial charge is 0.325 e. The van der Waals surface area contributed by atoms with Crippen molar-refractivity contribution in [2.45, 2.75) is 38.6 Å². The van der Waals surface area contributed by atoms with Crippen LogP contribution in [0.4, 0.5) is 11.4 Å². The van der Waals surface area contributed by atoms with Crippen molar-refractivity contribution in [2.24, 2.45) is 11.1 Å². The number of amides is 1. The molecule has 2 aromatic rings. The number of sulfonamides is 1. The first-order valence-corrected chi connectivity index (χ1v) is 9.74. The first-order valence-electron chi connectivity index (χ1n) is 8.26. The Kier molecular flexibility index (Phi) is 5.73. The lowest BCUT2D eigenvalue weighted by molar-refractivity contribution is -0.119. The fraction of sp³-hybridized carbons (Fsp3) is 0.316. The normalized spacial score (nSPS) is 13.1. The molecule has 26 heavy (non-hydrogen) atoms. The number of rotatable bonds is 5. The molecule has 0 spiro atoms. The Bertz CT molecular complexity index is 888. The average Bonchev–Trinajstić information content (AvgIpc) is 2.55. The number of nitrogens with one attached hydrogen (secondary N) is 2. The third kappa shape index (κ3) is 4.83. The lowest BCUT2D eigenvalue weighted by Gasteiger charge is -2.26. The number of carbonyl (C=O) groups excluding carboxylic acids is 1. The quantitative estimate of drug-likeness (QED) is 0.747. The molecule has 0 aliphatic heterocycles. The number of aryl methyl sites for hydroxylation is 1. The number of benzene rings is 2. The molecule has 0 aliphatic carbocycles. The third-order valence-electron chi connectivity index (χ3n) is 3.99. The highest BCUT2D eigenvalue weighted by molar-refractivity contribution is 7.92. The van der Waals surface area contributed by atoms with Gasteiger partial charge in [0.2, 0.25) is 5.91 Å². The summed E-state index contributed by atoms with van der Waals surface area (Å²) in [6, 6.07) is 12.7. The molecule has 1 atom stereocenters. The predicted octanol–water partition coefficient (Wildman–Crippen LogP) is 3.11. The summed E-state index contributed by atoms with van der Waals surface area (Å²) < 4.78 is 27.9. The van der Waals surface area contributed by atoms with Crippen LogP contribution in [0.3, 0.4) is 0 Å². The smallest absolute Gasteiger partial charge is 0.262 e. The summed E-state index contributed by atoms with van der Waals surface area (Å²) in [5.41, 5.74) is 6.98. The average molecular weight is 375 g/mol. The summed E-state index contributed by atoms with van der Waals surface area (Å²) in [5.74, 6) is -0.360. The Morgan fingerprint density at radius 3 is 2.23 bits per heavy atom. The number of carbonyl (C=O) groups is 1. The van der Waals surface area contributed by atoms with E-state index in [1.807, 2.05) is 20.8 Å². The van der Waals surface area contributed by atoms with Crippen LogP contribution in [0.5, 0.6) is 0 Å². The summed E-state index contributed by atoms with van der Waals surface area (Å²) in [7, 11) is -3.78. The Morgan fingerprint density at radius 2 is 1.65 bits per heavy atom. The first-order chi connectivity index (χ1) is 12.0. The van der Waals surface area contributed by atoms with E-state index in [0.717, 1.165) is 0 Å². The van der Waals surface area contributed by atoms with Crippen LogP contribution in [-0.2, 0) is 14.8 Å². The number of nitrogens with two attached hydrogens (primary N) is 1. The molecule has 0 saturated carbocycles. The van der Waals surface area contributed by atoms with Gasteiger partial charge in [0.25, 0.3) is 10.0 Å². The second kappa shape index (κ2) is 7.47. The van der Waals surface area contributed by atoms with E-state index in [1.54, 1.807) is 49.4 Å². The second-order valence-electron chi connectivity index (χ2n) is 7.28. The van der Waals surface area contributed by atoms with Crippen LogP contribution in [0.15, 0.2) is 53.4 Å². The van der Waals surface area contributed by atoms with Crippen LogP contribution in [0.2, 0.25) is 0 Å². The molecule has 0 radical (unpaired) electrons. The molecule has 140 valence electrons. The lowest BCUT2D eigenvalue weighted by Crippen LogP contribution is -2.45. The van der Waals surface area contributed by atoms with Crippen molar-refractivity contribution in [2.75, 3.05) is 10.0 Å². The summed E-state index contributed by atoms with van der Waals surface area (Å²) in [5, 5.41) is 2.70. The molecular weight excluding hydrogens is 350 g/mol. The van der Waals surface area contributed by atoms with Gasteiger partial charge in [-0.1, -0.05) is 45.0 Å². The van der Waals surface area contributed by atoms with Crippen LogP contribution in [0, 0.1) is 12.3 Å². The molecule has 7 heteroatoms. The second-order valence-corrected chi connectivity index (χ2v) is 8.94. The molecule has 0 heterocycles. The lowest BCUT2D eigenvalue weighted by atomic mass is 9.87. The van der Waals surface area contributed by atoms with Gasteiger partial charge in [-0.2, -0.15) is 0 Å². The number of anilines is 2. The van der Waals surface area contributed by atoms with Gasteiger partial charge in [0.15, 0.2) is 0 Å². The first kappa shape index (κ1) is 19.9. The van der Waals surface area contributed by atoms with Crippen molar-refractivity contribution >= 4 is 27.3 Å². The Balaban J connectivity index is 2.28. The van der Waals surface area contributed by atoms with Gasteiger partial charge >= 0.3 is 0 Å². The maximum atomic E-state index is 12.7.